The zero-order valence-corrected chi connectivity index (χ0v) is 24.7. The van der Waals surface area contributed by atoms with Crippen LogP contribution < -0.4 is 0 Å². The van der Waals surface area contributed by atoms with E-state index in [1.807, 2.05) is 0 Å². The van der Waals surface area contributed by atoms with Gasteiger partial charge in [0.1, 0.15) is 0 Å². The van der Waals surface area contributed by atoms with Gasteiger partial charge in [-0.25, -0.2) is 0 Å². The first-order valence-corrected chi connectivity index (χ1v) is 22.3. The summed E-state index contributed by atoms with van der Waals surface area (Å²) in [6.45, 7) is 8.58. The van der Waals surface area contributed by atoms with E-state index in [2.05, 4.69) is 26.2 Å². The Morgan fingerprint density at radius 1 is 0.429 bits per heavy atom. The zero-order valence-electron chi connectivity index (χ0n) is 17.6. The monoisotopic (exact) mass is 544 g/mol. The number of halogens is 4. The van der Waals surface area contributed by atoms with Crippen LogP contribution in [0.5, 0.6) is 0 Å². The lowest BCUT2D eigenvalue weighted by atomic mass is 10.6. The maximum atomic E-state index is 6.86. The predicted molar refractivity (Wildman–Crippen MR) is 131 cm³/mol. The van der Waals surface area contributed by atoms with Crippen LogP contribution in [0.2, 0.25) is 50.4 Å². The Hall–Kier alpha value is 1.87. The fraction of sp³-hybridized carbons (Fsp3) is 1.00. The van der Waals surface area contributed by atoms with E-state index in [-0.39, 0.29) is 0 Å². The molecule has 1 fully saturated rings. The van der Waals surface area contributed by atoms with Crippen LogP contribution in [0.4, 0.5) is 0 Å². The first-order valence-electron chi connectivity index (χ1n) is 10.1. The highest BCUT2D eigenvalue weighted by molar-refractivity contribution is 6.93. The largest absolute Gasteiger partial charge is 0.416 e. The standard InChI is InChI=1S/C16H36Cl4O4Si4/c1-25(13-5-9-17)21-26(2,14-6-10-18)23-28(4,16-8-12-20)24-27(3,22-25)15-7-11-19/h5-16H2,1-4H3. The predicted octanol–water partition coefficient (Wildman–Crippen LogP) is 6.87. The normalized spacial score (nSPS) is 36.9. The summed E-state index contributed by atoms with van der Waals surface area (Å²) in [5.41, 5.74) is 0. The lowest BCUT2D eigenvalue weighted by molar-refractivity contribution is 0.221. The molecule has 168 valence electrons. The molecule has 1 saturated heterocycles. The van der Waals surface area contributed by atoms with Crippen LogP contribution in [0.25, 0.3) is 0 Å². The molecule has 0 unspecified atom stereocenters. The average Bonchev–Trinajstić information content (AvgIpc) is 2.60. The lowest BCUT2D eigenvalue weighted by Crippen LogP contribution is -2.67. The summed E-state index contributed by atoms with van der Waals surface area (Å²) < 4.78 is 27.4. The summed E-state index contributed by atoms with van der Waals surface area (Å²) in [6.07, 6.45) is 3.47. The van der Waals surface area contributed by atoms with Crippen molar-refractivity contribution < 1.29 is 16.5 Å². The van der Waals surface area contributed by atoms with Gasteiger partial charge >= 0.3 is 34.2 Å². The smallest absolute Gasteiger partial charge is 0.317 e. The number of hydrogen-bond acceptors (Lipinski definition) is 4. The van der Waals surface area contributed by atoms with Gasteiger partial charge < -0.3 is 16.5 Å². The average molecular weight is 547 g/mol. The van der Waals surface area contributed by atoms with E-state index in [4.69, 9.17) is 62.9 Å². The molecule has 0 amide bonds. The van der Waals surface area contributed by atoms with Crippen molar-refractivity contribution in [3.63, 3.8) is 0 Å². The van der Waals surface area contributed by atoms with Crippen LogP contribution in [0, 0.1) is 0 Å². The summed E-state index contributed by atoms with van der Waals surface area (Å²) >= 11 is 24.0. The quantitative estimate of drug-likeness (QED) is 0.198. The molecule has 0 aromatic heterocycles. The fourth-order valence-electron chi connectivity index (χ4n) is 3.87. The van der Waals surface area contributed by atoms with Gasteiger partial charge in [0.2, 0.25) is 0 Å². The number of rotatable bonds is 12. The van der Waals surface area contributed by atoms with Gasteiger partial charge in [0, 0.05) is 23.5 Å². The third kappa shape index (κ3) is 9.56. The Bertz CT molecular complexity index is 376. The molecule has 0 radical (unpaired) electrons. The molecular formula is C16H36Cl4O4Si4. The molecule has 1 aliphatic rings. The van der Waals surface area contributed by atoms with Gasteiger partial charge in [-0.3, -0.25) is 0 Å². The SMILES string of the molecule is C[Si]1(CCCCl)O[Si](C)(CCCCl)O[Si](C)(CCCCl)O[Si](C)(CCCCl)O1. The van der Waals surface area contributed by atoms with E-state index in [1.54, 1.807) is 0 Å². The third-order valence-electron chi connectivity index (χ3n) is 4.79. The summed E-state index contributed by atoms with van der Waals surface area (Å²) in [5.74, 6) is 2.39. The Morgan fingerprint density at radius 3 is 0.750 bits per heavy atom. The van der Waals surface area contributed by atoms with Crippen LogP contribution in [-0.4, -0.2) is 57.8 Å². The van der Waals surface area contributed by atoms with Crippen LogP contribution in [0.3, 0.4) is 0 Å². The molecule has 0 atom stereocenters. The molecule has 0 bridgehead atoms. The van der Waals surface area contributed by atoms with Crippen LogP contribution in [0.1, 0.15) is 25.7 Å². The van der Waals surface area contributed by atoms with Gasteiger partial charge in [-0.1, -0.05) is 0 Å². The highest BCUT2D eigenvalue weighted by Gasteiger charge is 2.56. The van der Waals surface area contributed by atoms with Crippen molar-refractivity contribution in [3.8, 4) is 0 Å². The Labute approximate surface area is 195 Å². The van der Waals surface area contributed by atoms with Crippen molar-refractivity contribution in [2.24, 2.45) is 0 Å². The van der Waals surface area contributed by atoms with Crippen molar-refractivity contribution in [1.29, 1.82) is 0 Å². The molecule has 1 heterocycles. The van der Waals surface area contributed by atoms with Crippen LogP contribution in [0.15, 0.2) is 0 Å². The number of alkyl halides is 4. The van der Waals surface area contributed by atoms with E-state index < -0.39 is 34.2 Å². The van der Waals surface area contributed by atoms with E-state index in [9.17, 15) is 0 Å². The van der Waals surface area contributed by atoms with Crippen molar-refractivity contribution >= 4 is 80.6 Å². The van der Waals surface area contributed by atoms with E-state index in [1.165, 1.54) is 0 Å². The maximum Gasteiger partial charge on any atom is 0.317 e. The van der Waals surface area contributed by atoms with Crippen molar-refractivity contribution in [3.05, 3.63) is 0 Å². The van der Waals surface area contributed by atoms with Gasteiger partial charge in [0.15, 0.2) is 0 Å². The van der Waals surface area contributed by atoms with Gasteiger partial charge in [0.25, 0.3) is 0 Å². The second-order valence-electron chi connectivity index (χ2n) is 8.11. The van der Waals surface area contributed by atoms with Gasteiger partial charge in [0.05, 0.1) is 0 Å². The molecule has 1 aliphatic heterocycles. The maximum absolute atomic E-state index is 6.86. The molecular weight excluding hydrogens is 510 g/mol. The minimum atomic E-state index is -2.51. The molecule has 12 heteroatoms. The highest BCUT2D eigenvalue weighted by Crippen LogP contribution is 2.38. The zero-order chi connectivity index (χ0) is 21.3. The summed E-state index contributed by atoms with van der Waals surface area (Å²) in [6, 6.07) is 3.37. The molecule has 0 saturated carbocycles. The number of hydrogen-bond donors (Lipinski definition) is 0. The summed E-state index contributed by atoms with van der Waals surface area (Å²) in [5, 5.41) is 0. The minimum absolute atomic E-state index is 0.596. The third-order valence-corrected chi connectivity index (χ3v) is 24.7. The molecule has 0 aromatic rings. The van der Waals surface area contributed by atoms with Crippen molar-refractivity contribution in [2.75, 3.05) is 23.5 Å². The molecule has 0 aromatic carbocycles. The van der Waals surface area contributed by atoms with Crippen molar-refractivity contribution in [1.82, 2.24) is 0 Å². The van der Waals surface area contributed by atoms with Crippen molar-refractivity contribution in [2.45, 2.75) is 76.0 Å². The molecule has 28 heavy (non-hydrogen) atoms. The van der Waals surface area contributed by atoms with E-state index in [0.29, 0.717) is 23.5 Å². The highest BCUT2D eigenvalue weighted by atomic mass is 35.5. The molecule has 4 nitrogen and oxygen atoms in total. The summed E-state index contributed by atoms with van der Waals surface area (Å²) in [4.78, 5) is 0. The Kier molecular flexibility index (Phi) is 12.7. The Balaban J connectivity index is 3.24. The second kappa shape index (κ2) is 12.8. The second-order valence-corrected chi connectivity index (χ2v) is 24.0. The van der Waals surface area contributed by atoms with Crippen LogP contribution >= 0.6 is 46.4 Å². The Morgan fingerprint density at radius 2 is 0.607 bits per heavy atom. The van der Waals surface area contributed by atoms with E-state index >= 15 is 0 Å². The van der Waals surface area contributed by atoms with E-state index in [0.717, 1.165) is 49.9 Å². The fourth-order valence-corrected chi connectivity index (χ4v) is 28.6. The summed E-state index contributed by atoms with van der Waals surface area (Å²) in [7, 11) is -10.0. The lowest BCUT2D eigenvalue weighted by Gasteiger charge is -2.50. The first kappa shape index (κ1) is 27.9. The van der Waals surface area contributed by atoms with Gasteiger partial charge in [-0.2, -0.15) is 0 Å². The molecule has 1 rings (SSSR count). The first-order chi connectivity index (χ1) is 13.1. The van der Waals surface area contributed by atoms with Gasteiger partial charge in [-0.15, -0.1) is 46.4 Å². The van der Waals surface area contributed by atoms with Crippen LogP contribution in [-0.2, 0) is 16.5 Å². The minimum Gasteiger partial charge on any atom is -0.416 e. The molecule has 0 N–H and O–H groups in total. The molecule has 0 spiro atoms. The topological polar surface area (TPSA) is 36.9 Å². The molecule has 0 aliphatic carbocycles. The van der Waals surface area contributed by atoms with Gasteiger partial charge in [-0.05, 0) is 76.0 Å².